The largest absolute Gasteiger partial charge is 0.347 e. The smallest absolute Gasteiger partial charge is 0.209 e. The van der Waals surface area contributed by atoms with E-state index in [1.165, 1.54) is 16.9 Å². The molecule has 4 heteroatoms. The van der Waals surface area contributed by atoms with Crippen LogP contribution in [-0.2, 0) is 10.8 Å². The van der Waals surface area contributed by atoms with Gasteiger partial charge < -0.3 is 4.90 Å². The quantitative estimate of drug-likeness (QED) is 0.436. The van der Waals surface area contributed by atoms with Crippen molar-refractivity contribution in [3.63, 3.8) is 0 Å². The van der Waals surface area contributed by atoms with E-state index in [1.54, 1.807) is 0 Å². The molecule has 2 aliphatic heterocycles. The zero-order valence-electron chi connectivity index (χ0n) is 18.4. The number of anilines is 1. The molecule has 0 saturated heterocycles. The number of allylic oxidation sites excluding steroid dienone is 4. The molecule has 0 spiro atoms. The summed E-state index contributed by atoms with van der Waals surface area (Å²) in [5.41, 5.74) is 7.17. The first kappa shape index (κ1) is 20.4. The van der Waals surface area contributed by atoms with Gasteiger partial charge in [0, 0.05) is 40.5 Å². The van der Waals surface area contributed by atoms with E-state index in [-0.39, 0.29) is 10.8 Å². The summed E-state index contributed by atoms with van der Waals surface area (Å²) in [6.07, 6.45) is 4.08. The van der Waals surface area contributed by atoms with E-state index < -0.39 is 0 Å². The molecule has 152 valence electrons. The van der Waals surface area contributed by atoms with Crippen LogP contribution in [0.2, 0.25) is 5.02 Å². The summed E-state index contributed by atoms with van der Waals surface area (Å²) in [6.45, 7) is 8.77. The molecule has 30 heavy (non-hydrogen) atoms. The maximum absolute atomic E-state index is 10.1. The van der Waals surface area contributed by atoms with Crippen LogP contribution < -0.4 is 4.90 Å². The van der Waals surface area contributed by atoms with E-state index in [9.17, 15) is 5.26 Å². The zero-order chi connectivity index (χ0) is 21.8. The van der Waals surface area contributed by atoms with Crippen molar-refractivity contribution in [2.75, 3.05) is 19.0 Å². The molecular formula is C26H27ClN3+. The first-order valence-corrected chi connectivity index (χ1v) is 10.6. The van der Waals surface area contributed by atoms with Gasteiger partial charge in [0.15, 0.2) is 0 Å². The maximum Gasteiger partial charge on any atom is 0.209 e. The number of para-hydroxylation sites is 1. The SMILES string of the molecule is CN1/C(=C\C=C(\C#N)C2=[N+](C)c3ccc(Cl)cc3C2(C)C)C(C)(C)c2ccccc21. The number of benzene rings is 2. The van der Waals surface area contributed by atoms with Gasteiger partial charge in [-0.2, -0.15) is 9.84 Å². The molecule has 0 amide bonds. The fourth-order valence-corrected chi connectivity index (χ4v) is 5.29. The number of rotatable bonds is 2. The summed E-state index contributed by atoms with van der Waals surface area (Å²) in [4.78, 5) is 2.23. The van der Waals surface area contributed by atoms with Gasteiger partial charge in [0.1, 0.15) is 18.7 Å². The first-order valence-electron chi connectivity index (χ1n) is 10.2. The van der Waals surface area contributed by atoms with Gasteiger partial charge in [-0.3, -0.25) is 0 Å². The van der Waals surface area contributed by atoms with Crippen molar-refractivity contribution in [1.82, 2.24) is 0 Å². The highest BCUT2D eigenvalue weighted by Gasteiger charge is 2.46. The topological polar surface area (TPSA) is 30.0 Å². The Morgan fingerprint density at radius 2 is 1.77 bits per heavy atom. The molecule has 2 heterocycles. The Labute approximate surface area is 184 Å². The molecule has 4 rings (SSSR count). The molecule has 0 radical (unpaired) electrons. The summed E-state index contributed by atoms with van der Waals surface area (Å²) in [5.74, 6) is 0. The van der Waals surface area contributed by atoms with Gasteiger partial charge in [0.2, 0.25) is 11.4 Å². The van der Waals surface area contributed by atoms with E-state index in [4.69, 9.17) is 11.6 Å². The lowest BCUT2D eigenvalue weighted by molar-refractivity contribution is -0.401. The minimum atomic E-state index is -0.310. The molecule has 2 aliphatic rings. The molecule has 0 saturated carbocycles. The van der Waals surface area contributed by atoms with E-state index >= 15 is 0 Å². The third-order valence-electron chi connectivity index (χ3n) is 6.64. The van der Waals surface area contributed by atoms with Crippen LogP contribution in [0, 0.1) is 11.3 Å². The lowest BCUT2D eigenvalue weighted by atomic mass is 9.78. The van der Waals surface area contributed by atoms with Crippen LogP contribution >= 0.6 is 11.6 Å². The highest BCUT2D eigenvalue weighted by Crippen LogP contribution is 2.47. The van der Waals surface area contributed by atoms with Gasteiger partial charge in [0.05, 0.1) is 5.41 Å². The Hall–Kier alpha value is -2.83. The number of halogens is 1. The third-order valence-corrected chi connectivity index (χ3v) is 6.88. The molecule has 3 nitrogen and oxygen atoms in total. The van der Waals surface area contributed by atoms with Crippen molar-refractivity contribution in [2.24, 2.45) is 0 Å². The molecular weight excluding hydrogens is 390 g/mol. The third kappa shape index (κ3) is 2.82. The molecule has 0 unspecified atom stereocenters. The summed E-state index contributed by atoms with van der Waals surface area (Å²) >= 11 is 6.28. The van der Waals surface area contributed by atoms with Crippen molar-refractivity contribution in [3.8, 4) is 6.07 Å². The number of hydrogen-bond acceptors (Lipinski definition) is 2. The van der Waals surface area contributed by atoms with Gasteiger partial charge in [-0.05, 0) is 49.8 Å². The summed E-state index contributed by atoms with van der Waals surface area (Å²) in [5, 5.41) is 10.8. The lowest BCUT2D eigenvalue weighted by Crippen LogP contribution is -2.30. The predicted octanol–water partition coefficient (Wildman–Crippen LogP) is 6.11. The predicted molar refractivity (Wildman–Crippen MR) is 125 cm³/mol. The standard InChI is InChI=1S/C26H27ClN3/c1-25(2)19-9-7-8-10-21(19)29(5)23(25)14-11-17(16-28)24-26(3,4)20-15-18(27)12-13-22(20)30(24)6/h7-15H,1-6H3/q+1. The van der Waals surface area contributed by atoms with E-state index in [0.29, 0.717) is 10.6 Å². The lowest BCUT2D eigenvalue weighted by Gasteiger charge is -2.24. The molecule has 0 bridgehead atoms. The van der Waals surface area contributed by atoms with Crippen molar-refractivity contribution in [3.05, 3.63) is 82.0 Å². The monoisotopic (exact) mass is 416 g/mol. The molecule has 0 fully saturated rings. The van der Waals surface area contributed by atoms with E-state index in [0.717, 1.165) is 17.0 Å². The van der Waals surface area contributed by atoms with Gasteiger partial charge in [-0.25, -0.2) is 0 Å². The number of likely N-dealkylation sites (N-methyl/N-ethyl adjacent to an activating group) is 1. The number of hydrogen-bond donors (Lipinski definition) is 0. The minimum absolute atomic E-state index is 0.124. The Morgan fingerprint density at radius 3 is 2.43 bits per heavy atom. The second-order valence-corrected chi connectivity index (χ2v) is 9.58. The summed E-state index contributed by atoms with van der Waals surface area (Å²) in [7, 11) is 4.12. The number of nitriles is 1. The van der Waals surface area contributed by atoms with Crippen molar-refractivity contribution in [2.45, 2.75) is 38.5 Å². The number of nitrogens with zero attached hydrogens (tertiary/aromatic N) is 3. The molecule has 0 atom stereocenters. The summed E-state index contributed by atoms with van der Waals surface area (Å²) in [6, 6.07) is 16.9. The molecule has 2 aromatic carbocycles. The Morgan fingerprint density at radius 1 is 1.07 bits per heavy atom. The van der Waals surface area contributed by atoms with Gasteiger partial charge in [-0.15, -0.1) is 0 Å². The highest BCUT2D eigenvalue weighted by atomic mass is 35.5. The Balaban J connectivity index is 1.82. The first-order chi connectivity index (χ1) is 14.1. The zero-order valence-corrected chi connectivity index (χ0v) is 19.2. The van der Waals surface area contributed by atoms with Crippen LogP contribution in [0.25, 0.3) is 0 Å². The van der Waals surface area contributed by atoms with Crippen LogP contribution in [0.3, 0.4) is 0 Å². The van der Waals surface area contributed by atoms with Crippen LogP contribution in [-0.4, -0.2) is 24.4 Å². The van der Waals surface area contributed by atoms with Gasteiger partial charge in [-0.1, -0.05) is 43.6 Å². The van der Waals surface area contributed by atoms with Crippen LogP contribution in [0.15, 0.2) is 65.9 Å². The Bertz CT molecular complexity index is 1190. The van der Waals surface area contributed by atoms with Crippen LogP contribution in [0.1, 0.15) is 38.8 Å². The molecule has 0 aliphatic carbocycles. The van der Waals surface area contributed by atoms with Crippen LogP contribution in [0.4, 0.5) is 11.4 Å². The van der Waals surface area contributed by atoms with E-state index in [1.807, 2.05) is 31.3 Å². The average Bonchev–Trinajstić information content (AvgIpc) is 3.02. The molecule has 0 N–H and O–H groups in total. The molecule has 0 aromatic heterocycles. The van der Waals surface area contributed by atoms with Crippen molar-refractivity contribution >= 4 is 28.7 Å². The average molecular weight is 417 g/mol. The van der Waals surface area contributed by atoms with E-state index in [2.05, 4.69) is 80.6 Å². The highest BCUT2D eigenvalue weighted by molar-refractivity contribution is 6.30. The second kappa shape index (κ2) is 6.86. The van der Waals surface area contributed by atoms with Crippen LogP contribution in [0.5, 0.6) is 0 Å². The van der Waals surface area contributed by atoms with Gasteiger partial charge >= 0.3 is 0 Å². The molecule has 2 aromatic rings. The van der Waals surface area contributed by atoms with Crippen molar-refractivity contribution < 1.29 is 4.58 Å². The van der Waals surface area contributed by atoms with Crippen molar-refractivity contribution in [1.29, 1.82) is 5.26 Å². The fraction of sp³-hybridized carbons (Fsp3) is 0.308. The Kier molecular flexibility index (Phi) is 4.67. The summed E-state index contributed by atoms with van der Waals surface area (Å²) < 4.78 is 2.12. The second-order valence-electron chi connectivity index (χ2n) is 9.14. The normalized spacial score (nSPS) is 20.4. The minimum Gasteiger partial charge on any atom is -0.347 e. The number of fused-ring (bicyclic) bond motifs is 2. The maximum atomic E-state index is 10.1. The fourth-order valence-electron chi connectivity index (χ4n) is 5.12. The van der Waals surface area contributed by atoms with Gasteiger partial charge in [0.25, 0.3) is 0 Å².